The summed E-state index contributed by atoms with van der Waals surface area (Å²) < 4.78 is 118. The van der Waals surface area contributed by atoms with Gasteiger partial charge < -0.3 is 13.7 Å². The largest absolute Gasteiger partial charge is 0.456 e. The summed E-state index contributed by atoms with van der Waals surface area (Å²) in [5.74, 6) is 0. The predicted octanol–water partition coefficient (Wildman–Crippen LogP) is 12.9. The first-order valence-electron chi connectivity index (χ1n) is 21.0. The number of nitrogens with zero attached hydrogens (tertiary/aromatic N) is 1. The zero-order valence-electron chi connectivity index (χ0n) is 36.4. The molecule has 2 aromatic heterocycles. The van der Waals surface area contributed by atoms with Crippen LogP contribution in [0.1, 0.15) is 16.4 Å². The highest BCUT2D eigenvalue weighted by molar-refractivity contribution is 6.18. The molecule has 0 aliphatic heterocycles. The third-order valence-corrected chi connectivity index (χ3v) is 8.60. The van der Waals surface area contributed by atoms with Crippen molar-refractivity contribution in [3.8, 4) is 11.1 Å². The van der Waals surface area contributed by atoms with Crippen LogP contribution in [0.4, 0.5) is 17.1 Å². The van der Waals surface area contributed by atoms with Crippen molar-refractivity contribution in [2.24, 2.45) is 0 Å². The minimum atomic E-state index is -0.541. The Morgan fingerprint density at radius 2 is 1.23 bits per heavy atom. The first-order valence-corrected chi connectivity index (χ1v) is 15.0. The Morgan fingerprint density at radius 1 is 0.489 bits per heavy atom. The topological polar surface area (TPSA) is 29.5 Å². The molecule has 10 rings (SSSR count). The summed E-state index contributed by atoms with van der Waals surface area (Å²) >= 11 is 0. The van der Waals surface area contributed by atoms with E-state index in [4.69, 9.17) is 21.2 Å². The fraction of sp³-hybridized carbons (Fsp3) is 0. The number of anilines is 3. The molecule has 0 amide bonds. The Kier molecular flexibility index (Phi) is 3.62. The summed E-state index contributed by atoms with van der Waals surface area (Å²) in [5, 5.41) is 4.52. The third kappa shape index (κ3) is 4.00. The van der Waals surface area contributed by atoms with E-state index in [1.54, 1.807) is 35.2 Å². The maximum absolute atomic E-state index is 9.83. The quantitative estimate of drug-likeness (QED) is 0.185. The maximum Gasteiger partial charge on any atom is 0.145 e. The molecule has 0 aliphatic carbocycles. The van der Waals surface area contributed by atoms with E-state index in [2.05, 4.69) is 0 Å². The van der Waals surface area contributed by atoms with E-state index in [0.717, 1.165) is 21.5 Å². The van der Waals surface area contributed by atoms with Crippen LogP contribution in [0.5, 0.6) is 0 Å². The van der Waals surface area contributed by atoms with Crippen molar-refractivity contribution in [2.45, 2.75) is 0 Å². The third-order valence-electron chi connectivity index (χ3n) is 8.60. The van der Waals surface area contributed by atoms with Crippen LogP contribution in [0.25, 0.3) is 76.5 Å². The normalized spacial score (nSPS) is 15.4. The molecule has 0 aliphatic rings. The van der Waals surface area contributed by atoms with Gasteiger partial charge in [-0.1, -0.05) is 109 Å². The smallest absolute Gasteiger partial charge is 0.145 e. The summed E-state index contributed by atoms with van der Waals surface area (Å²) in [6.45, 7) is 0. The summed E-state index contributed by atoms with van der Waals surface area (Å²) in [7, 11) is 0. The average molecular weight is 614 g/mol. The van der Waals surface area contributed by atoms with Crippen molar-refractivity contribution in [3.63, 3.8) is 0 Å². The van der Waals surface area contributed by atoms with Crippen molar-refractivity contribution in [1.29, 1.82) is 0 Å². The van der Waals surface area contributed by atoms with Gasteiger partial charge in [-0.3, -0.25) is 0 Å². The van der Waals surface area contributed by atoms with Gasteiger partial charge in [-0.05, 0) is 81.6 Å². The van der Waals surface area contributed by atoms with Gasteiger partial charge in [0, 0.05) is 33.1 Å². The molecule has 0 spiro atoms. The number of para-hydroxylation sites is 2. The van der Waals surface area contributed by atoms with Gasteiger partial charge in [0.2, 0.25) is 0 Å². The molecular weight excluding hydrogens is 574 g/mol. The first kappa shape index (κ1) is 16.8. The zero-order chi connectivity index (χ0) is 41.3. The summed E-state index contributed by atoms with van der Waals surface area (Å²) in [6.07, 6.45) is 0. The minimum absolute atomic E-state index is 0.0664. The molecule has 47 heavy (non-hydrogen) atoms. The summed E-state index contributed by atoms with van der Waals surface area (Å²) in [6, 6.07) is 22.3. The standard InChI is InChI=1S/C44H27NO2/c1-2-10-28(11-3-1)34-23-24-39(43-36-15-7-9-17-41(36)47-44(34)43)45(32-22-25-42-38(27-32)35-14-6-8-16-40(35)46-42)31-21-20-30-19-18-29-12-4-5-13-33(29)37(30)26-31/h1-27H/i1D,2D,3D,6D,8D,10D,11D,14D,16D,22D,25D,27D. The van der Waals surface area contributed by atoms with Crippen LogP contribution in [0.15, 0.2) is 172 Å². The van der Waals surface area contributed by atoms with E-state index in [1.807, 2.05) is 60.7 Å². The van der Waals surface area contributed by atoms with Gasteiger partial charge in [-0.15, -0.1) is 0 Å². The second-order valence-corrected chi connectivity index (χ2v) is 11.2. The van der Waals surface area contributed by atoms with Crippen LogP contribution >= 0.6 is 0 Å². The second-order valence-electron chi connectivity index (χ2n) is 11.2. The zero-order valence-corrected chi connectivity index (χ0v) is 24.4. The lowest BCUT2D eigenvalue weighted by molar-refractivity contribution is 0.669. The van der Waals surface area contributed by atoms with Gasteiger partial charge in [0.15, 0.2) is 0 Å². The SMILES string of the molecule is [2H]c1c([2H])c([2H])c(-c2ccc(N(c3ccc4ccc5ccccc5c4c3)c3c([2H])c([2H])c4oc5c([2H])c([2H])c([2H])c([2H])c5c4c3[2H])c3c2oc2ccccc23)c([2H])c1[2H]. The van der Waals surface area contributed by atoms with Crippen LogP contribution in [0, 0.1) is 0 Å². The lowest BCUT2D eigenvalue weighted by Gasteiger charge is -2.27. The Bertz CT molecular complexity index is 3470. The Hall–Kier alpha value is -6.32. The molecular formula is C44H27NO2. The Labute approximate surface area is 287 Å². The molecule has 2 heterocycles. The summed E-state index contributed by atoms with van der Waals surface area (Å²) in [5.41, 5.74) is 0.982. The van der Waals surface area contributed by atoms with Gasteiger partial charge in [-0.2, -0.15) is 0 Å². The molecule has 0 radical (unpaired) electrons. The molecule has 220 valence electrons. The monoisotopic (exact) mass is 613 g/mol. The number of rotatable bonds is 4. The van der Waals surface area contributed by atoms with Crippen LogP contribution in [-0.4, -0.2) is 0 Å². The summed E-state index contributed by atoms with van der Waals surface area (Å²) in [4.78, 5) is 1.64. The van der Waals surface area contributed by atoms with E-state index in [9.17, 15) is 4.11 Å². The number of furan rings is 2. The van der Waals surface area contributed by atoms with Crippen molar-refractivity contribution < 1.29 is 25.3 Å². The van der Waals surface area contributed by atoms with E-state index >= 15 is 0 Å². The fourth-order valence-electron chi connectivity index (χ4n) is 6.50. The number of hydrogen-bond acceptors (Lipinski definition) is 3. The fourth-order valence-corrected chi connectivity index (χ4v) is 6.50. The van der Waals surface area contributed by atoms with Crippen molar-refractivity contribution in [1.82, 2.24) is 0 Å². The van der Waals surface area contributed by atoms with E-state index in [-0.39, 0.29) is 50.4 Å². The molecule has 0 saturated carbocycles. The van der Waals surface area contributed by atoms with E-state index in [0.29, 0.717) is 27.7 Å². The maximum atomic E-state index is 9.83. The number of fused-ring (bicyclic) bond motifs is 9. The first-order chi connectivity index (χ1) is 28.3. The lowest BCUT2D eigenvalue weighted by Crippen LogP contribution is -2.10. The van der Waals surface area contributed by atoms with Gasteiger partial charge in [0.1, 0.15) is 22.3 Å². The van der Waals surface area contributed by atoms with Crippen LogP contribution in [-0.2, 0) is 0 Å². The average Bonchev–Trinajstić information content (AvgIpc) is 3.85. The number of hydrogen-bond donors (Lipinski definition) is 0. The predicted molar refractivity (Wildman–Crippen MR) is 196 cm³/mol. The Morgan fingerprint density at radius 3 is 2.15 bits per heavy atom. The Balaban J connectivity index is 1.38. The van der Waals surface area contributed by atoms with Crippen molar-refractivity contribution in [3.05, 3.63) is 164 Å². The van der Waals surface area contributed by atoms with E-state index in [1.165, 1.54) is 0 Å². The minimum Gasteiger partial charge on any atom is -0.456 e. The van der Waals surface area contributed by atoms with Crippen LogP contribution < -0.4 is 4.90 Å². The van der Waals surface area contributed by atoms with Crippen LogP contribution in [0.2, 0.25) is 0 Å². The highest BCUT2D eigenvalue weighted by Gasteiger charge is 2.23. The molecule has 8 aromatic carbocycles. The van der Waals surface area contributed by atoms with Crippen molar-refractivity contribution in [2.75, 3.05) is 4.90 Å². The molecule has 10 aromatic rings. The van der Waals surface area contributed by atoms with Gasteiger partial charge >= 0.3 is 0 Å². The highest BCUT2D eigenvalue weighted by atomic mass is 16.3. The molecule has 0 N–H and O–H groups in total. The molecule has 0 atom stereocenters. The second kappa shape index (κ2) is 10.1. The lowest BCUT2D eigenvalue weighted by atomic mass is 9.98. The molecule has 0 unspecified atom stereocenters. The van der Waals surface area contributed by atoms with Crippen molar-refractivity contribution >= 4 is 82.5 Å². The molecule has 0 saturated heterocycles. The number of benzene rings is 8. The van der Waals surface area contributed by atoms with E-state index < -0.39 is 66.5 Å². The van der Waals surface area contributed by atoms with Gasteiger partial charge in [0.05, 0.1) is 27.5 Å². The molecule has 3 heteroatoms. The molecule has 0 bridgehead atoms. The van der Waals surface area contributed by atoms with Crippen LogP contribution in [0.3, 0.4) is 0 Å². The van der Waals surface area contributed by atoms with Gasteiger partial charge in [-0.25, -0.2) is 0 Å². The molecule has 3 nitrogen and oxygen atoms in total. The molecule has 0 fully saturated rings. The van der Waals surface area contributed by atoms with Gasteiger partial charge in [0.25, 0.3) is 0 Å². The highest BCUT2D eigenvalue weighted by Crippen LogP contribution is 2.47.